The third kappa shape index (κ3) is 6.55. The number of ether oxygens (including phenoxy) is 3. The SMILES string of the molecule is COc1cc(C(=O)NC[C@@](O)(c2cc3c(c(-c4ccc(F)cc4)n2)OC[C@@]3(C)NC(C)=O)C(F)(F)F)ccc1OC[C@@H](C)O. The van der Waals surface area contributed by atoms with Gasteiger partial charge in [-0.05, 0) is 62.4 Å². The number of nitrogens with zero attached hydrogens (tertiary/aromatic N) is 1. The summed E-state index contributed by atoms with van der Waals surface area (Å²) in [5.41, 5.74) is -5.83. The number of benzene rings is 2. The van der Waals surface area contributed by atoms with Crippen LogP contribution in [0.1, 0.15) is 42.4 Å². The number of alkyl halides is 3. The molecule has 1 aliphatic heterocycles. The standard InChI is InChI=1S/C30H31F4N3O7/c1-16(38)13-43-22-10-7-19(11-23(22)42-4)27(40)35-14-29(41,30(32,33)34)24-12-21-26(44-15-28(21,3)37-17(2)39)25(36-24)18-5-8-20(31)9-6-18/h5-12,16,38,41H,13-15H2,1-4H3,(H,35,40)(H,37,39)/t16-,28-,29-/m1/s1. The lowest BCUT2D eigenvalue weighted by atomic mass is 9.88. The van der Waals surface area contributed by atoms with Crippen molar-refractivity contribution in [2.45, 2.75) is 44.2 Å². The van der Waals surface area contributed by atoms with E-state index >= 15 is 0 Å². The molecule has 1 aliphatic rings. The maximum Gasteiger partial charge on any atom is 0.424 e. The highest BCUT2D eigenvalue weighted by molar-refractivity contribution is 5.95. The first kappa shape index (κ1) is 32.5. The molecule has 2 amide bonds. The molecule has 3 aromatic rings. The minimum Gasteiger partial charge on any atom is -0.493 e. The molecule has 236 valence electrons. The molecule has 0 saturated carbocycles. The summed E-state index contributed by atoms with van der Waals surface area (Å²) in [6.45, 7) is 2.71. The van der Waals surface area contributed by atoms with E-state index in [9.17, 15) is 37.4 Å². The Kier molecular flexibility index (Phi) is 9.07. The average molecular weight is 622 g/mol. The first-order valence-electron chi connectivity index (χ1n) is 13.4. The Bertz CT molecular complexity index is 1550. The van der Waals surface area contributed by atoms with E-state index in [0.717, 1.165) is 18.2 Å². The Balaban J connectivity index is 1.74. The number of nitrogens with one attached hydrogen (secondary N) is 2. The Hall–Kier alpha value is -4.43. The highest BCUT2D eigenvalue weighted by Gasteiger charge is 2.57. The number of aromatic nitrogens is 1. The predicted octanol–water partition coefficient (Wildman–Crippen LogP) is 3.58. The van der Waals surface area contributed by atoms with Crippen LogP contribution in [0.5, 0.6) is 17.2 Å². The van der Waals surface area contributed by atoms with E-state index < -0.39 is 53.3 Å². The molecule has 0 bridgehead atoms. The van der Waals surface area contributed by atoms with Gasteiger partial charge in [0, 0.05) is 23.6 Å². The van der Waals surface area contributed by atoms with E-state index in [4.69, 9.17) is 14.2 Å². The van der Waals surface area contributed by atoms with Crippen molar-refractivity contribution in [1.29, 1.82) is 0 Å². The summed E-state index contributed by atoms with van der Waals surface area (Å²) < 4.78 is 74.0. The largest absolute Gasteiger partial charge is 0.493 e. The number of carbonyl (C=O) groups excluding carboxylic acids is 2. The Morgan fingerprint density at radius 1 is 1.14 bits per heavy atom. The Morgan fingerprint density at radius 2 is 1.82 bits per heavy atom. The maximum atomic E-state index is 14.7. The zero-order valence-corrected chi connectivity index (χ0v) is 24.2. The lowest BCUT2D eigenvalue weighted by molar-refractivity contribution is -0.265. The van der Waals surface area contributed by atoms with Gasteiger partial charge in [0.2, 0.25) is 11.5 Å². The summed E-state index contributed by atoms with van der Waals surface area (Å²) in [4.78, 5) is 29.1. The predicted molar refractivity (Wildman–Crippen MR) is 149 cm³/mol. The van der Waals surface area contributed by atoms with Gasteiger partial charge in [-0.15, -0.1) is 0 Å². The molecule has 2 aromatic carbocycles. The summed E-state index contributed by atoms with van der Waals surface area (Å²) in [6.07, 6.45) is -6.14. The molecule has 0 aliphatic carbocycles. The molecule has 1 aromatic heterocycles. The van der Waals surface area contributed by atoms with Gasteiger partial charge in [0.05, 0.1) is 25.5 Å². The topological polar surface area (TPSA) is 139 Å². The molecule has 0 unspecified atom stereocenters. The second kappa shape index (κ2) is 12.3. The third-order valence-electron chi connectivity index (χ3n) is 6.95. The number of hydrogen-bond donors (Lipinski definition) is 4. The van der Waals surface area contributed by atoms with Crippen LogP contribution in [0.15, 0.2) is 48.5 Å². The summed E-state index contributed by atoms with van der Waals surface area (Å²) in [5, 5.41) is 25.4. The van der Waals surface area contributed by atoms with Gasteiger partial charge >= 0.3 is 6.18 Å². The first-order chi connectivity index (χ1) is 20.6. The first-order valence-corrected chi connectivity index (χ1v) is 13.4. The number of aliphatic hydroxyl groups excluding tert-OH is 1. The molecule has 44 heavy (non-hydrogen) atoms. The molecule has 10 nitrogen and oxygen atoms in total. The number of methoxy groups -OCH3 is 1. The lowest BCUT2D eigenvalue weighted by Gasteiger charge is -2.32. The summed E-state index contributed by atoms with van der Waals surface area (Å²) in [7, 11) is 1.30. The molecule has 14 heteroatoms. The van der Waals surface area contributed by atoms with Gasteiger partial charge in [-0.2, -0.15) is 13.2 Å². The van der Waals surface area contributed by atoms with E-state index in [1.54, 1.807) is 0 Å². The summed E-state index contributed by atoms with van der Waals surface area (Å²) in [6, 6.07) is 9.58. The fourth-order valence-electron chi connectivity index (χ4n) is 4.68. The molecule has 4 rings (SSSR count). The van der Waals surface area contributed by atoms with Crippen LogP contribution in [0.4, 0.5) is 17.6 Å². The number of rotatable bonds is 10. The van der Waals surface area contributed by atoms with Gasteiger partial charge in [-0.3, -0.25) is 9.59 Å². The lowest BCUT2D eigenvalue weighted by Crippen LogP contribution is -2.52. The number of fused-ring (bicyclic) bond motifs is 1. The zero-order valence-electron chi connectivity index (χ0n) is 24.2. The number of amides is 2. The third-order valence-corrected chi connectivity index (χ3v) is 6.95. The van der Waals surface area contributed by atoms with Crippen LogP contribution in [-0.2, 0) is 15.9 Å². The van der Waals surface area contributed by atoms with Gasteiger partial charge in [-0.25, -0.2) is 9.37 Å². The summed E-state index contributed by atoms with van der Waals surface area (Å²) in [5.74, 6) is -1.72. The van der Waals surface area contributed by atoms with Crippen molar-refractivity contribution < 1.29 is 51.6 Å². The molecule has 2 heterocycles. The van der Waals surface area contributed by atoms with Gasteiger partial charge in [0.15, 0.2) is 17.2 Å². The molecule has 0 spiro atoms. The van der Waals surface area contributed by atoms with Crippen molar-refractivity contribution in [3.8, 4) is 28.5 Å². The van der Waals surface area contributed by atoms with Crippen molar-refractivity contribution in [2.24, 2.45) is 0 Å². The van der Waals surface area contributed by atoms with Crippen molar-refractivity contribution >= 4 is 11.8 Å². The second-order valence-corrected chi connectivity index (χ2v) is 10.6. The minimum absolute atomic E-state index is 0.0511. The van der Waals surface area contributed by atoms with Crippen molar-refractivity contribution in [3.63, 3.8) is 0 Å². The van der Waals surface area contributed by atoms with Crippen LogP contribution in [-0.4, -0.2) is 66.2 Å². The van der Waals surface area contributed by atoms with Crippen LogP contribution in [0.3, 0.4) is 0 Å². The Labute approximate surface area is 250 Å². The minimum atomic E-state index is -5.35. The van der Waals surface area contributed by atoms with Crippen LogP contribution in [0.2, 0.25) is 0 Å². The second-order valence-electron chi connectivity index (χ2n) is 10.6. The van der Waals surface area contributed by atoms with E-state index in [-0.39, 0.29) is 52.8 Å². The molecule has 4 N–H and O–H groups in total. The normalized spacial score (nSPS) is 18.0. The number of carbonyl (C=O) groups is 2. The van der Waals surface area contributed by atoms with Crippen LogP contribution in [0.25, 0.3) is 11.3 Å². The zero-order chi connectivity index (χ0) is 32.4. The molecule has 3 atom stereocenters. The quantitative estimate of drug-likeness (QED) is 0.252. The number of aliphatic hydroxyl groups is 2. The Morgan fingerprint density at radius 3 is 2.41 bits per heavy atom. The fraction of sp³-hybridized carbons (Fsp3) is 0.367. The highest BCUT2D eigenvalue weighted by atomic mass is 19.4. The van der Waals surface area contributed by atoms with Crippen molar-refractivity contribution in [2.75, 3.05) is 26.9 Å². The smallest absolute Gasteiger partial charge is 0.424 e. The van der Waals surface area contributed by atoms with Gasteiger partial charge in [0.25, 0.3) is 5.91 Å². The van der Waals surface area contributed by atoms with E-state index in [1.807, 2.05) is 0 Å². The molecule has 0 fully saturated rings. The van der Waals surface area contributed by atoms with Crippen LogP contribution < -0.4 is 24.8 Å². The monoisotopic (exact) mass is 621 g/mol. The average Bonchev–Trinajstić information content (AvgIpc) is 3.29. The van der Waals surface area contributed by atoms with Crippen molar-refractivity contribution in [3.05, 3.63) is 71.2 Å². The van der Waals surface area contributed by atoms with E-state index in [2.05, 4.69) is 15.6 Å². The van der Waals surface area contributed by atoms with Gasteiger partial charge in [-0.1, -0.05) is 0 Å². The number of pyridine rings is 1. The highest BCUT2D eigenvalue weighted by Crippen LogP contribution is 2.47. The number of hydrogen-bond acceptors (Lipinski definition) is 8. The van der Waals surface area contributed by atoms with Crippen LogP contribution in [0, 0.1) is 5.82 Å². The molecular weight excluding hydrogens is 590 g/mol. The van der Waals surface area contributed by atoms with Gasteiger partial charge in [0.1, 0.15) is 30.3 Å². The van der Waals surface area contributed by atoms with Crippen LogP contribution >= 0.6 is 0 Å². The fourth-order valence-corrected chi connectivity index (χ4v) is 4.68. The maximum absolute atomic E-state index is 14.7. The molecule has 0 saturated heterocycles. The van der Waals surface area contributed by atoms with E-state index in [0.29, 0.717) is 0 Å². The van der Waals surface area contributed by atoms with Gasteiger partial charge < -0.3 is 35.1 Å². The number of halogens is 4. The molecular formula is C30H31F4N3O7. The summed E-state index contributed by atoms with van der Waals surface area (Å²) >= 11 is 0. The van der Waals surface area contributed by atoms with Crippen molar-refractivity contribution in [1.82, 2.24) is 15.6 Å². The van der Waals surface area contributed by atoms with E-state index in [1.165, 1.54) is 58.2 Å². The molecule has 0 radical (unpaired) electrons.